The third-order valence-electron chi connectivity index (χ3n) is 8.90. The minimum absolute atomic E-state index is 0.117. The minimum Gasteiger partial charge on any atom is -0.463 e. The molecule has 0 aliphatic heterocycles. The number of aliphatic hydroxyl groups excluding tert-OH is 3. The summed E-state index contributed by atoms with van der Waals surface area (Å²) in [4.78, 5) is 43.7. The number of phosphoric acid groups is 2. The predicted molar refractivity (Wildman–Crippen MR) is 251 cm³/mol. The second kappa shape index (κ2) is 42.8. The maximum atomic E-state index is 12.1. The van der Waals surface area contributed by atoms with Crippen molar-refractivity contribution in [2.24, 2.45) is 0 Å². The molecule has 0 aromatic rings. The minimum atomic E-state index is -4.80. The van der Waals surface area contributed by atoms with Crippen LogP contribution in [0.15, 0.2) is 85.1 Å². The van der Waals surface area contributed by atoms with Crippen LogP contribution in [0.2, 0.25) is 0 Å². The fourth-order valence-electron chi connectivity index (χ4n) is 5.32. The molecule has 0 heterocycles. The Morgan fingerprint density at radius 1 is 0.438 bits per heavy atom. The van der Waals surface area contributed by atoms with Gasteiger partial charge in [0.05, 0.1) is 26.4 Å². The lowest BCUT2D eigenvalue weighted by Gasteiger charge is -2.19. The molecule has 0 amide bonds. The van der Waals surface area contributed by atoms with Crippen molar-refractivity contribution < 1.29 is 71.4 Å². The topological polar surface area (TPSA) is 225 Å². The lowest BCUT2D eigenvalue weighted by atomic mass is 10.1. The third kappa shape index (κ3) is 44.4. The first kappa shape index (κ1) is 61.2. The molecule has 0 bridgehead atoms. The van der Waals surface area contributed by atoms with E-state index < -0.39 is 85.5 Å². The highest BCUT2D eigenvalue weighted by Gasteiger charge is 2.28. The Morgan fingerprint density at radius 2 is 0.797 bits per heavy atom. The van der Waals surface area contributed by atoms with Crippen molar-refractivity contribution in [1.29, 1.82) is 0 Å². The fourth-order valence-corrected chi connectivity index (χ4v) is 6.91. The molecule has 0 aromatic heterocycles. The zero-order valence-corrected chi connectivity index (χ0v) is 40.2. The number of ether oxygens (including phenoxy) is 2. The van der Waals surface area contributed by atoms with E-state index in [1.807, 2.05) is 30.4 Å². The first-order valence-electron chi connectivity index (χ1n) is 23.0. The average Bonchev–Trinajstić information content (AvgIpc) is 3.27. The number of unbranched alkanes of at least 4 members (excludes halogenated alkanes) is 11. The van der Waals surface area contributed by atoms with Crippen molar-refractivity contribution in [3.05, 3.63) is 85.1 Å². The van der Waals surface area contributed by atoms with E-state index in [4.69, 9.17) is 9.47 Å². The van der Waals surface area contributed by atoms with E-state index in [2.05, 4.69) is 86.6 Å². The van der Waals surface area contributed by atoms with Crippen molar-refractivity contribution >= 4 is 27.6 Å². The first-order valence-corrected chi connectivity index (χ1v) is 26.0. The standard InChI is InChI=1S/C47H80O15P2/c1-3-5-7-9-11-13-15-17-19-20-22-24-26-28-30-32-34-36-47(52)58-38-44(49)40-60-64(55,56)62-42-45(50)41-61-63(53,54)59-39-43(48)37-57-46(51)35-33-31-29-27-25-23-21-18-16-14-12-10-8-6-4-2/h6,8,10-14,16-17,19,22,24,28,30,43-45,48-50H,3-5,7,9,15,18,20-21,23,25-27,29,31-42H2,1-2H3,(H,53,54)(H,55,56)/b8-6+,12-10+,13-11-,16-14+,19-17-,24-22-,30-28-. The van der Waals surface area contributed by atoms with Gasteiger partial charge in [0.1, 0.15) is 31.5 Å². The Morgan fingerprint density at radius 3 is 1.27 bits per heavy atom. The van der Waals surface area contributed by atoms with Crippen LogP contribution in [0.1, 0.15) is 142 Å². The highest BCUT2D eigenvalue weighted by Crippen LogP contribution is 2.45. The number of hydrogen-bond donors (Lipinski definition) is 5. The quantitative estimate of drug-likeness (QED) is 0.0126. The summed E-state index contributed by atoms with van der Waals surface area (Å²) in [5, 5.41) is 30.0. The van der Waals surface area contributed by atoms with Gasteiger partial charge in [0, 0.05) is 12.8 Å². The van der Waals surface area contributed by atoms with Gasteiger partial charge in [0.2, 0.25) is 0 Å². The van der Waals surface area contributed by atoms with E-state index in [1.165, 1.54) is 19.3 Å². The lowest BCUT2D eigenvalue weighted by molar-refractivity contribution is -0.148. The summed E-state index contributed by atoms with van der Waals surface area (Å²) in [6, 6.07) is 0. The molecular formula is C47H80O15P2. The Balaban J connectivity index is 3.98. The molecule has 17 heteroatoms. The molecule has 64 heavy (non-hydrogen) atoms. The number of carbonyl (C=O) groups excluding carboxylic acids is 2. The van der Waals surface area contributed by atoms with Crippen LogP contribution in [0.25, 0.3) is 0 Å². The number of phosphoric ester groups is 2. The Hall–Kier alpha value is -2.78. The number of esters is 2. The number of rotatable bonds is 43. The lowest BCUT2D eigenvalue weighted by Crippen LogP contribution is -2.25. The number of allylic oxidation sites excluding steroid dienone is 14. The Bertz CT molecular complexity index is 1470. The van der Waals surface area contributed by atoms with Crippen molar-refractivity contribution in [3.8, 4) is 0 Å². The molecule has 0 rings (SSSR count). The van der Waals surface area contributed by atoms with Gasteiger partial charge in [-0.1, -0.05) is 144 Å². The van der Waals surface area contributed by atoms with Crippen LogP contribution in [0, 0.1) is 0 Å². The molecule has 5 unspecified atom stereocenters. The van der Waals surface area contributed by atoms with E-state index in [-0.39, 0.29) is 12.8 Å². The van der Waals surface area contributed by atoms with Crippen LogP contribution in [0.4, 0.5) is 0 Å². The molecule has 0 aliphatic carbocycles. The van der Waals surface area contributed by atoms with Gasteiger partial charge in [-0.2, -0.15) is 0 Å². The van der Waals surface area contributed by atoms with Gasteiger partial charge in [0.25, 0.3) is 0 Å². The van der Waals surface area contributed by atoms with Gasteiger partial charge in [-0.05, 0) is 70.6 Å². The van der Waals surface area contributed by atoms with E-state index in [0.29, 0.717) is 19.3 Å². The molecule has 5 N–H and O–H groups in total. The van der Waals surface area contributed by atoms with Gasteiger partial charge in [-0.25, -0.2) is 9.13 Å². The van der Waals surface area contributed by atoms with Crippen LogP contribution in [-0.2, 0) is 46.3 Å². The van der Waals surface area contributed by atoms with E-state index >= 15 is 0 Å². The smallest absolute Gasteiger partial charge is 0.463 e. The zero-order chi connectivity index (χ0) is 47.4. The summed E-state index contributed by atoms with van der Waals surface area (Å²) in [5.74, 6) is -1.07. The summed E-state index contributed by atoms with van der Waals surface area (Å²) in [6.07, 6.45) is 42.9. The summed E-state index contributed by atoms with van der Waals surface area (Å²) >= 11 is 0. The molecule has 0 aromatic carbocycles. The highest BCUT2D eigenvalue weighted by molar-refractivity contribution is 7.47. The zero-order valence-electron chi connectivity index (χ0n) is 38.4. The summed E-state index contributed by atoms with van der Waals surface area (Å²) < 4.78 is 52.9. The Kier molecular flexibility index (Phi) is 41.0. The SMILES string of the molecule is CC/C=C/C=C/C=C/CCCCCCCCCC(=O)OCC(O)COP(=O)(O)OCC(O)COP(=O)(O)OCC(O)COC(=O)CCC/C=C\C/C=C\C/C=C\C/C=C\CCCCC. The summed E-state index contributed by atoms with van der Waals surface area (Å²) in [6.45, 7) is 0.151. The molecule has 0 aliphatic rings. The molecule has 0 saturated carbocycles. The van der Waals surface area contributed by atoms with E-state index in [9.17, 15) is 43.8 Å². The molecule has 0 fully saturated rings. The van der Waals surface area contributed by atoms with Crippen molar-refractivity contribution in [3.63, 3.8) is 0 Å². The second-order valence-electron chi connectivity index (χ2n) is 15.1. The maximum Gasteiger partial charge on any atom is 0.472 e. The predicted octanol–water partition coefficient (Wildman–Crippen LogP) is 10.2. The van der Waals surface area contributed by atoms with Crippen LogP contribution < -0.4 is 0 Å². The normalized spacial score (nSPS) is 15.9. The molecular weight excluding hydrogens is 866 g/mol. The average molecular weight is 947 g/mol. The Labute approximate surface area is 383 Å². The first-order chi connectivity index (χ1) is 30.8. The number of carbonyl (C=O) groups is 2. The molecule has 368 valence electrons. The van der Waals surface area contributed by atoms with E-state index in [0.717, 1.165) is 77.0 Å². The highest BCUT2D eigenvalue weighted by atomic mass is 31.2. The van der Waals surface area contributed by atoms with Crippen LogP contribution >= 0.6 is 15.6 Å². The van der Waals surface area contributed by atoms with Crippen LogP contribution in [0.5, 0.6) is 0 Å². The van der Waals surface area contributed by atoms with Gasteiger partial charge < -0.3 is 34.6 Å². The van der Waals surface area contributed by atoms with Crippen molar-refractivity contribution in [2.75, 3.05) is 39.6 Å². The van der Waals surface area contributed by atoms with E-state index in [1.54, 1.807) is 0 Å². The van der Waals surface area contributed by atoms with Crippen LogP contribution in [-0.4, -0.2) is 95.0 Å². The molecule has 0 spiro atoms. The molecule has 0 saturated heterocycles. The largest absolute Gasteiger partial charge is 0.472 e. The van der Waals surface area contributed by atoms with Gasteiger partial charge in [-0.3, -0.25) is 27.7 Å². The summed E-state index contributed by atoms with van der Waals surface area (Å²) in [5.41, 5.74) is 0. The van der Waals surface area contributed by atoms with Gasteiger partial charge in [-0.15, -0.1) is 0 Å². The van der Waals surface area contributed by atoms with Crippen LogP contribution in [0.3, 0.4) is 0 Å². The third-order valence-corrected chi connectivity index (χ3v) is 10.8. The molecule has 0 radical (unpaired) electrons. The number of hydrogen-bond acceptors (Lipinski definition) is 13. The number of aliphatic hydroxyl groups is 3. The molecule has 15 nitrogen and oxygen atoms in total. The summed E-state index contributed by atoms with van der Waals surface area (Å²) in [7, 11) is -9.60. The van der Waals surface area contributed by atoms with Gasteiger partial charge >= 0.3 is 27.6 Å². The monoisotopic (exact) mass is 946 g/mol. The fraction of sp³-hybridized carbons (Fsp3) is 0.660. The second-order valence-corrected chi connectivity index (χ2v) is 18.0. The van der Waals surface area contributed by atoms with Crippen molar-refractivity contribution in [2.45, 2.75) is 161 Å². The van der Waals surface area contributed by atoms with Gasteiger partial charge in [0.15, 0.2) is 0 Å². The molecule has 5 atom stereocenters. The van der Waals surface area contributed by atoms with Crippen molar-refractivity contribution in [1.82, 2.24) is 0 Å². The maximum absolute atomic E-state index is 12.1.